The number of carboxylic acid groups (broad SMARTS) is 1. The van der Waals surface area contributed by atoms with Gasteiger partial charge in [-0.25, -0.2) is 4.79 Å². The number of furan rings is 1. The number of carboxylic acids is 1. The Morgan fingerprint density at radius 1 is 1.26 bits per heavy atom. The molecule has 0 bridgehead atoms. The molecule has 2 amide bonds. The van der Waals surface area contributed by atoms with Gasteiger partial charge >= 0.3 is 11.9 Å². The molecule has 0 radical (unpaired) electrons. The smallest absolute Gasteiger partial charge is 0.335 e. The number of carbonyl (C=O) groups is 4. The van der Waals surface area contributed by atoms with Gasteiger partial charge in [0.25, 0.3) is 11.1 Å². The maximum atomic E-state index is 12.3. The Labute approximate surface area is 157 Å². The molecule has 2 aromatic rings. The summed E-state index contributed by atoms with van der Waals surface area (Å²) in [5, 5.41) is 8.49. The van der Waals surface area contributed by atoms with Crippen molar-refractivity contribution in [3.63, 3.8) is 0 Å². The van der Waals surface area contributed by atoms with Crippen molar-refractivity contribution in [3.05, 3.63) is 52.6 Å². The normalized spacial score (nSPS) is 15.4. The molecule has 0 atom stereocenters. The van der Waals surface area contributed by atoms with Gasteiger partial charge < -0.3 is 14.3 Å². The van der Waals surface area contributed by atoms with Crippen molar-refractivity contribution in [3.8, 4) is 11.3 Å². The Bertz CT molecular complexity index is 976. The lowest BCUT2D eigenvalue weighted by molar-refractivity contribution is -0.143. The molecule has 27 heavy (non-hydrogen) atoms. The zero-order chi connectivity index (χ0) is 19.6. The Hall–Kier alpha value is -3.33. The number of ether oxygens (including phenoxy) is 1. The van der Waals surface area contributed by atoms with Gasteiger partial charge in [-0.15, -0.1) is 0 Å². The Kier molecular flexibility index (Phi) is 5.13. The van der Waals surface area contributed by atoms with Crippen LogP contribution in [0, 0.1) is 0 Å². The van der Waals surface area contributed by atoms with E-state index in [1.54, 1.807) is 24.3 Å². The van der Waals surface area contributed by atoms with Crippen molar-refractivity contribution in [2.24, 2.45) is 0 Å². The van der Waals surface area contributed by atoms with E-state index in [2.05, 4.69) is 4.74 Å². The highest BCUT2D eigenvalue weighted by molar-refractivity contribution is 8.18. The first-order chi connectivity index (χ1) is 12.9. The van der Waals surface area contributed by atoms with E-state index in [4.69, 9.17) is 9.52 Å². The summed E-state index contributed by atoms with van der Waals surface area (Å²) in [5.41, 5.74) is 0.683. The second kappa shape index (κ2) is 7.50. The number of imide groups is 1. The molecule has 3 rings (SSSR count). The molecule has 1 aliphatic heterocycles. The van der Waals surface area contributed by atoms with Gasteiger partial charge in [-0.1, -0.05) is 12.1 Å². The molecular weight excluding hydrogens is 374 g/mol. The van der Waals surface area contributed by atoms with E-state index in [1.165, 1.54) is 25.3 Å². The number of esters is 1. The highest BCUT2D eigenvalue weighted by atomic mass is 32.2. The Balaban J connectivity index is 1.82. The van der Waals surface area contributed by atoms with E-state index < -0.39 is 29.6 Å². The minimum Gasteiger partial charge on any atom is -0.478 e. The van der Waals surface area contributed by atoms with E-state index >= 15 is 0 Å². The monoisotopic (exact) mass is 387 g/mol. The number of carbonyl (C=O) groups excluding carboxylic acids is 3. The summed E-state index contributed by atoms with van der Waals surface area (Å²) in [6.45, 7) is -0.454. The van der Waals surface area contributed by atoms with Crippen LogP contribution in [0.4, 0.5) is 4.79 Å². The Morgan fingerprint density at radius 3 is 2.74 bits per heavy atom. The van der Waals surface area contributed by atoms with Gasteiger partial charge in [0.1, 0.15) is 18.1 Å². The molecule has 1 N–H and O–H groups in total. The molecule has 1 fully saturated rings. The number of hydrogen-bond acceptors (Lipinski definition) is 7. The minimum atomic E-state index is -1.05. The van der Waals surface area contributed by atoms with Crippen LogP contribution >= 0.6 is 11.8 Å². The van der Waals surface area contributed by atoms with Crippen molar-refractivity contribution >= 4 is 40.9 Å². The molecule has 0 saturated carbocycles. The van der Waals surface area contributed by atoms with Gasteiger partial charge in [0, 0.05) is 11.6 Å². The fourth-order valence-corrected chi connectivity index (χ4v) is 3.17. The summed E-state index contributed by atoms with van der Waals surface area (Å²) < 4.78 is 10.1. The molecule has 8 nitrogen and oxygen atoms in total. The van der Waals surface area contributed by atoms with Gasteiger partial charge in [-0.05, 0) is 36.0 Å². The minimum absolute atomic E-state index is 0.115. The second-order valence-electron chi connectivity index (χ2n) is 5.43. The average molecular weight is 387 g/mol. The second-order valence-corrected chi connectivity index (χ2v) is 6.43. The number of thioether (sulfide) groups is 1. The van der Waals surface area contributed by atoms with E-state index in [9.17, 15) is 19.2 Å². The van der Waals surface area contributed by atoms with Crippen LogP contribution < -0.4 is 0 Å². The molecular formula is C18H13NO7S. The first-order valence-electron chi connectivity index (χ1n) is 7.65. The molecule has 2 heterocycles. The highest BCUT2D eigenvalue weighted by Gasteiger charge is 2.36. The van der Waals surface area contributed by atoms with Crippen molar-refractivity contribution < 1.29 is 33.4 Å². The summed E-state index contributed by atoms with van der Waals surface area (Å²) in [4.78, 5) is 47.4. The standard InChI is InChI=1S/C18H13NO7S/c1-25-15(20)9-19-16(21)14(27-18(19)24)8-12-5-6-13(26-12)10-3-2-4-11(7-10)17(22)23/h2-8H,9H2,1H3,(H,22,23)/b14-8+. The van der Waals surface area contributed by atoms with Crippen LogP contribution in [0.15, 0.2) is 45.7 Å². The van der Waals surface area contributed by atoms with Crippen LogP contribution in [0.2, 0.25) is 0 Å². The first kappa shape index (κ1) is 18.5. The SMILES string of the molecule is COC(=O)CN1C(=O)S/C(=C/c2ccc(-c3cccc(C(=O)O)c3)o2)C1=O. The van der Waals surface area contributed by atoms with Crippen LogP contribution in [0.1, 0.15) is 16.1 Å². The maximum Gasteiger partial charge on any atom is 0.335 e. The van der Waals surface area contributed by atoms with Gasteiger partial charge in [0.2, 0.25) is 0 Å². The van der Waals surface area contributed by atoms with E-state index in [1.807, 2.05) is 0 Å². The fraction of sp³-hybridized carbons (Fsp3) is 0.111. The largest absolute Gasteiger partial charge is 0.478 e. The van der Waals surface area contributed by atoms with Gasteiger partial charge in [0.15, 0.2) is 0 Å². The fourth-order valence-electron chi connectivity index (χ4n) is 2.35. The molecule has 1 aliphatic rings. The molecule has 0 unspecified atom stereocenters. The number of nitrogens with zero attached hydrogens (tertiary/aromatic N) is 1. The zero-order valence-corrected chi connectivity index (χ0v) is 14.8. The third-order valence-corrected chi connectivity index (χ3v) is 4.59. The third kappa shape index (κ3) is 3.93. The van der Waals surface area contributed by atoms with Crippen LogP contribution in [0.3, 0.4) is 0 Å². The molecule has 138 valence electrons. The van der Waals surface area contributed by atoms with Crippen LogP contribution in [-0.2, 0) is 14.3 Å². The summed E-state index contributed by atoms with van der Waals surface area (Å²) in [6, 6.07) is 9.45. The molecule has 1 saturated heterocycles. The number of methoxy groups -OCH3 is 1. The molecule has 0 spiro atoms. The number of benzene rings is 1. The summed E-state index contributed by atoms with van der Waals surface area (Å²) in [7, 11) is 1.17. The number of hydrogen-bond donors (Lipinski definition) is 1. The van der Waals surface area contributed by atoms with Crippen molar-refractivity contribution in [1.82, 2.24) is 4.90 Å². The zero-order valence-electron chi connectivity index (χ0n) is 14.0. The summed E-state index contributed by atoms with van der Waals surface area (Å²) >= 11 is 0.694. The molecule has 1 aromatic carbocycles. The van der Waals surface area contributed by atoms with E-state index in [-0.39, 0.29) is 10.5 Å². The lowest BCUT2D eigenvalue weighted by Crippen LogP contribution is -2.34. The Morgan fingerprint density at radius 2 is 2.04 bits per heavy atom. The first-order valence-corrected chi connectivity index (χ1v) is 8.46. The van der Waals surface area contributed by atoms with E-state index in [0.717, 1.165) is 4.90 Å². The quantitative estimate of drug-likeness (QED) is 0.615. The van der Waals surface area contributed by atoms with E-state index in [0.29, 0.717) is 28.8 Å². The average Bonchev–Trinajstić information content (AvgIpc) is 3.22. The maximum absolute atomic E-state index is 12.3. The summed E-state index contributed by atoms with van der Waals surface area (Å²) in [5.74, 6) is -1.63. The lowest BCUT2D eigenvalue weighted by Gasteiger charge is -2.09. The van der Waals surface area contributed by atoms with Crippen molar-refractivity contribution in [1.29, 1.82) is 0 Å². The van der Waals surface area contributed by atoms with Gasteiger partial charge in [-0.2, -0.15) is 0 Å². The number of rotatable bonds is 5. The summed E-state index contributed by atoms with van der Waals surface area (Å²) in [6.07, 6.45) is 1.40. The molecule has 0 aliphatic carbocycles. The van der Waals surface area contributed by atoms with Crippen LogP contribution in [-0.4, -0.2) is 46.7 Å². The number of aromatic carboxylic acids is 1. The van der Waals surface area contributed by atoms with Crippen LogP contribution in [0.5, 0.6) is 0 Å². The van der Waals surface area contributed by atoms with Gasteiger partial charge in [0.05, 0.1) is 17.6 Å². The van der Waals surface area contributed by atoms with Crippen molar-refractivity contribution in [2.75, 3.05) is 13.7 Å². The lowest BCUT2D eigenvalue weighted by atomic mass is 10.1. The third-order valence-electron chi connectivity index (χ3n) is 3.68. The highest BCUT2D eigenvalue weighted by Crippen LogP contribution is 2.33. The molecule has 9 heteroatoms. The van der Waals surface area contributed by atoms with Gasteiger partial charge in [-0.3, -0.25) is 19.3 Å². The predicted molar refractivity (Wildman–Crippen MR) is 95.8 cm³/mol. The number of amides is 2. The topological polar surface area (TPSA) is 114 Å². The molecule has 1 aromatic heterocycles. The van der Waals surface area contributed by atoms with Crippen molar-refractivity contribution in [2.45, 2.75) is 0 Å². The van der Waals surface area contributed by atoms with Crippen LogP contribution in [0.25, 0.3) is 17.4 Å². The predicted octanol–water partition coefficient (Wildman–Crippen LogP) is 2.85.